The van der Waals surface area contributed by atoms with Crippen molar-refractivity contribution in [2.24, 2.45) is 0 Å². The Kier molecular flexibility index (Phi) is 4.12. The fraction of sp³-hybridized carbons (Fsp3) is 0.222. The van der Waals surface area contributed by atoms with E-state index in [1.54, 1.807) is 12.1 Å². The summed E-state index contributed by atoms with van der Waals surface area (Å²) in [6.45, 7) is 0.929. The number of nitrogens with zero attached hydrogens (tertiary/aromatic N) is 2. The van der Waals surface area contributed by atoms with Crippen LogP contribution in [0.4, 0.5) is 0 Å². The van der Waals surface area contributed by atoms with Crippen molar-refractivity contribution in [3.05, 3.63) is 58.6 Å². The normalized spacial score (nSPS) is 11.3. The number of phenols is 1. The lowest BCUT2D eigenvalue weighted by molar-refractivity contribution is 0.414. The first kappa shape index (κ1) is 15.2. The lowest BCUT2D eigenvalue weighted by Crippen LogP contribution is -2.15. The number of phenolic OH excluding ortho intramolecular Hbond substituents is 1. The van der Waals surface area contributed by atoms with Gasteiger partial charge < -0.3 is 15.0 Å². The molecule has 0 saturated carbocycles. The summed E-state index contributed by atoms with van der Waals surface area (Å²) in [7, 11) is 4.07. The predicted octanol–water partition coefficient (Wildman–Crippen LogP) is 2.40. The number of H-pyrrole nitrogens is 1. The molecule has 0 bridgehead atoms. The van der Waals surface area contributed by atoms with E-state index in [1.807, 2.05) is 32.3 Å². The quantitative estimate of drug-likeness (QED) is 0.776. The topological polar surface area (TPSA) is 69.2 Å². The van der Waals surface area contributed by atoms with Crippen LogP contribution in [0.5, 0.6) is 5.75 Å². The molecule has 3 rings (SSSR count). The van der Waals surface area contributed by atoms with E-state index in [-0.39, 0.29) is 11.3 Å². The summed E-state index contributed by atoms with van der Waals surface area (Å²) in [6, 6.07) is 11.5. The molecule has 0 aliphatic rings. The molecule has 0 radical (unpaired) electrons. The van der Waals surface area contributed by atoms with Crippen LogP contribution in [-0.2, 0) is 6.42 Å². The molecule has 0 spiro atoms. The number of aromatic hydroxyl groups is 1. The highest BCUT2D eigenvalue weighted by molar-refractivity contribution is 5.89. The van der Waals surface area contributed by atoms with Crippen molar-refractivity contribution in [3.63, 3.8) is 0 Å². The van der Waals surface area contributed by atoms with E-state index in [2.05, 4.69) is 20.9 Å². The summed E-state index contributed by atoms with van der Waals surface area (Å²) in [5.74, 6) is 0.0195. The van der Waals surface area contributed by atoms with E-state index < -0.39 is 0 Å². The largest absolute Gasteiger partial charge is 0.506 e. The van der Waals surface area contributed by atoms with Gasteiger partial charge in [0.25, 0.3) is 5.56 Å². The Balaban J connectivity index is 2.14. The Bertz CT molecular complexity index is 900. The van der Waals surface area contributed by atoms with Gasteiger partial charge in [0.1, 0.15) is 11.3 Å². The molecule has 118 valence electrons. The molecule has 1 aromatic heterocycles. The van der Waals surface area contributed by atoms with Gasteiger partial charge in [0, 0.05) is 6.54 Å². The molecule has 1 heterocycles. The van der Waals surface area contributed by atoms with Crippen LogP contribution in [0.2, 0.25) is 0 Å². The zero-order chi connectivity index (χ0) is 16.4. The van der Waals surface area contributed by atoms with E-state index in [0.29, 0.717) is 10.9 Å². The van der Waals surface area contributed by atoms with E-state index in [0.717, 1.165) is 24.1 Å². The monoisotopic (exact) mass is 309 g/mol. The SMILES string of the molecule is CN(C)CCc1ccccc1-c1cc(O)c2nc[nH]c(=O)c2c1. The van der Waals surface area contributed by atoms with Crippen molar-refractivity contribution < 1.29 is 5.11 Å². The molecule has 0 unspecified atom stereocenters. The van der Waals surface area contributed by atoms with Gasteiger partial charge in [-0.15, -0.1) is 0 Å². The Morgan fingerprint density at radius 3 is 2.78 bits per heavy atom. The summed E-state index contributed by atoms with van der Waals surface area (Å²) in [6.07, 6.45) is 2.19. The molecule has 0 aliphatic carbocycles. The third kappa shape index (κ3) is 3.10. The van der Waals surface area contributed by atoms with Crippen molar-refractivity contribution in [2.75, 3.05) is 20.6 Å². The Labute approximate surface area is 134 Å². The second kappa shape index (κ2) is 6.22. The average Bonchev–Trinajstić information content (AvgIpc) is 2.54. The van der Waals surface area contributed by atoms with Crippen LogP contribution in [-0.4, -0.2) is 40.6 Å². The number of rotatable bonds is 4. The third-order valence-electron chi connectivity index (χ3n) is 3.88. The van der Waals surface area contributed by atoms with Crippen molar-refractivity contribution >= 4 is 10.9 Å². The first-order chi connectivity index (χ1) is 11.1. The van der Waals surface area contributed by atoms with Crippen LogP contribution in [0, 0.1) is 0 Å². The van der Waals surface area contributed by atoms with Crippen LogP contribution in [0.15, 0.2) is 47.5 Å². The van der Waals surface area contributed by atoms with Crippen molar-refractivity contribution in [2.45, 2.75) is 6.42 Å². The van der Waals surface area contributed by atoms with Gasteiger partial charge in [0.2, 0.25) is 0 Å². The molecule has 2 aromatic carbocycles. The summed E-state index contributed by atoms with van der Waals surface area (Å²) < 4.78 is 0. The maximum atomic E-state index is 12.0. The number of hydrogen-bond acceptors (Lipinski definition) is 4. The van der Waals surface area contributed by atoms with Gasteiger partial charge in [0.15, 0.2) is 0 Å². The standard InChI is InChI=1S/C18H19N3O2/c1-21(2)8-7-12-5-3-4-6-14(12)13-9-15-17(16(22)10-13)19-11-20-18(15)23/h3-6,9-11,22H,7-8H2,1-2H3,(H,19,20,23). The first-order valence-corrected chi connectivity index (χ1v) is 7.49. The second-order valence-corrected chi connectivity index (χ2v) is 5.83. The van der Waals surface area contributed by atoms with Crippen molar-refractivity contribution in [1.82, 2.24) is 14.9 Å². The number of aromatic nitrogens is 2. The second-order valence-electron chi connectivity index (χ2n) is 5.83. The number of fused-ring (bicyclic) bond motifs is 1. The minimum Gasteiger partial charge on any atom is -0.506 e. The molecule has 23 heavy (non-hydrogen) atoms. The molecule has 0 aliphatic heterocycles. The summed E-state index contributed by atoms with van der Waals surface area (Å²) in [5, 5.41) is 10.6. The number of nitrogens with one attached hydrogen (secondary N) is 1. The average molecular weight is 309 g/mol. The molecular formula is C18H19N3O2. The van der Waals surface area contributed by atoms with Crippen molar-refractivity contribution in [3.8, 4) is 16.9 Å². The van der Waals surface area contributed by atoms with Gasteiger partial charge in [-0.1, -0.05) is 24.3 Å². The molecule has 0 amide bonds. The van der Waals surface area contributed by atoms with Gasteiger partial charge in [-0.3, -0.25) is 4.79 Å². The Hall–Kier alpha value is -2.66. The van der Waals surface area contributed by atoms with Gasteiger partial charge in [-0.05, 0) is 49.3 Å². The molecule has 3 aromatic rings. The predicted molar refractivity (Wildman–Crippen MR) is 91.7 cm³/mol. The maximum absolute atomic E-state index is 12.0. The van der Waals surface area contributed by atoms with Gasteiger partial charge >= 0.3 is 0 Å². The minimum absolute atomic E-state index is 0.0195. The van der Waals surface area contributed by atoms with Gasteiger partial charge in [-0.2, -0.15) is 0 Å². The summed E-state index contributed by atoms with van der Waals surface area (Å²) >= 11 is 0. The minimum atomic E-state index is -0.252. The fourth-order valence-electron chi connectivity index (χ4n) is 2.68. The summed E-state index contributed by atoms with van der Waals surface area (Å²) in [5.41, 5.74) is 3.10. The smallest absolute Gasteiger partial charge is 0.258 e. The highest BCUT2D eigenvalue weighted by Gasteiger charge is 2.11. The number of hydrogen-bond donors (Lipinski definition) is 2. The Morgan fingerprint density at radius 2 is 2.00 bits per heavy atom. The van der Waals surface area contributed by atoms with Gasteiger partial charge in [-0.25, -0.2) is 4.98 Å². The van der Waals surface area contributed by atoms with E-state index >= 15 is 0 Å². The summed E-state index contributed by atoms with van der Waals surface area (Å²) in [4.78, 5) is 20.7. The molecular weight excluding hydrogens is 290 g/mol. The fourth-order valence-corrected chi connectivity index (χ4v) is 2.68. The Morgan fingerprint density at radius 1 is 1.22 bits per heavy atom. The van der Waals surface area contributed by atoms with E-state index in [9.17, 15) is 9.90 Å². The zero-order valence-corrected chi connectivity index (χ0v) is 13.2. The van der Waals surface area contributed by atoms with Crippen molar-refractivity contribution in [1.29, 1.82) is 0 Å². The lowest BCUT2D eigenvalue weighted by Gasteiger charge is -2.14. The highest BCUT2D eigenvalue weighted by atomic mass is 16.3. The third-order valence-corrected chi connectivity index (χ3v) is 3.88. The van der Waals surface area contributed by atoms with Crippen LogP contribution in [0.1, 0.15) is 5.56 Å². The highest BCUT2D eigenvalue weighted by Crippen LogP contribution is 2.31. The maximum Gasteiger partial charge on any atom is 0.258 e. The zero-order valence-electron chi connectivity index (χ0n) is 13.2. The number of likely N-dealkylation sites (N-methyl/N-ethyl adjacent to an activating group) is 1. The van der Waals surface area contributed by atoms with Crippen LogP contribution in [0.25, 0.3) is 22.0 Å². The van der Waals surface area contributed by atoms with E-state index in [4.69, 9.17) is 0 Å². The molecule has 0 atom stereocenters. The molecule has 0 saturated heterocycles. The van der Waals surface area contributed by atoms with E-state index in [1.165, 1.54) is 11.9 Å². The van der Waals surface area contributed by atoms with Crippen LogP contribution < -0.4 is 5.56 Å². The molecule has 5 nitrogen and oxygen atoms in total. The molecule has 2 N–H and O–H groups in total. The lowest BCUT2D eigenvalue weighted by atomic mass is 9.96. The molecule has 5 heteroatoms. The van der Waals surface area contributed by atoms with Crippen LogP contribution in [0.3, 0.4) is 0 Å². The van der Waals surface area contributed by atoms with Gasteiger partial charge in [0.05, 0.1) is 11.7 Å². The van der Waals surface area contributed by atoms with Crippen LogP contribution >= 0.6 is 0 Å². The molecule has 0 fully saturated rings. The first-order valence-electron chi connectivity index (χ1n) is 7.49. The number of benzene rings is 2. The number of aromatic amines is 1.